The predicted molar refractivity (Wildman–Crippen MR) is 111 cm³/mol. The average molecular weight is 409 g/mol. The van der Waals surface area contributed by atoms with Gasteiger partial charge in [0.05, 0.1) is 11.3 Å². The SMILES string of the molecule is CN(C)c1ccc(CNC(=O)COC(=O)c2cccc(N3C(=O)CCC3=O)c2)cc1. The normalized spacial score (nSPS) is 13.3. The number of ether oxygens (including phenoxy) is 1. The molecule has 0 radical (unpaired) electrons. The standard InChI is InChI=1S/C22H23N3O5/c1-24(2)17-8-6-15(7-9-17)13-23-19(26)14-30-22(29)16-4-3-5-18(12-16)25-20(27)10-11-21(25)28/h3-9,12H,10-11,13-14H2,1-2H3,(H,23,26). The number of hydrogen-bond acceptors (Lipinski definition) is 6. The van der Waals surface area contributed by atoms with Gasteiger partial charge in [0, 0.05) is 39.2 Å². The Balaban J connectivity index is 1.51. The van der Waals surface area contributed by atoms with E-state index in [0.29, 0.717) is 12.2 Å². The monoisotopic (exact) mass is 409 g/mol. The van der Waals surface area contributed by atoms with Gasteiger partial charge in [-0.05, 0) is 35.9 Å². The highest BCUT2D eigenvalue weighted by atomic mass is 16.5. The smallest absolute Gasteiger partial charge is 0.338 e. The van der Waals surface area contributed by atoms with Crippen LogP contribution in [0.5, 0.6) is 0 Å². The summed E-state index contributed by atoms with van der Waals surface area (Å²) in [5.41, 5.74) is 2.46. The van der Waals surface area contributed by atoms with Crippen LogP contribution in [0.1, 0.15) is 28.8 Å². The second-order valence-electron chi connectivity index (χ2n) is 7.09. The van der Waals surface area contributed by atoms with Gasteiger partial charge in [0.15, 0.2) is 6.61 Å². The van der Waals surface area contributed by atoms with Crippen molar-refractivity contribution >= 4 is 35.1 Å². The van der Waals surface area contributed by atoms with E-state index >= 15 is 0 Å². The fourth-order valence-electron chi connectivity index (χ4n) is 3.01. The van der Waals surface area contributed by atoms with E-state index in [1.54, 1.807) is 12.1 Å². The van der Waals surface area contributed by atoms with Crippen LogP contribution in [0, 0.1) is 0 Å². The molecule has 0 atom stereocenters. The molecule has 156 valence electrons. The first-order valence-electron chi connectivity index (χ1n) is 9.51. The second-order valence-corrected chi connectivity index (χ2v) is 7.09. The molecule has 1 heterocycles. The zero-order valence-electron chi connectivity index (χ0n) is 16.9. The van der Waals surface area contributed by atoms with E-state index in [1.165, 1.54) is 12.1 Å². The van der Waals surface area contributed by atoms with Crippen LogP contribution in [0.3, 0.4) is 0 Å². The van der Waals surface area contributed by atoms with E-state index in [-0.39, 0.29) is 30.2 Å². The summed E-state index contributed by atoms with van der Waals surface area (Å²) < 4.78 is 5.05. The zero-order valence-corrected chi connectivity index (χ0v) is 16.9. The van der Waals surface area contributed by atoms with Crippen LogP contribution in [0.4, 0.5) is 11.4 Å². The Labute approximate surface area is 174 Å². The Morgan fingerprint density at radius 1 is 1.03 bits per heavy atom. The number of rotatable bonds is 7. The first kappa shape index (κ1) is 21.0. The fourth-order valence-corrected chi connectivity index (χ4v) is 3.01. The summed E-state index contributed by atoms with van der Waals surface area (Å²) in [4.78, 5) is 51.0. The minimum atomic E-state index is -0.707. The quantitative estimate of drug-likeness (QED) is 0.554. The van der Waals surface area contributed by atoms with Gasteiger partial charge in [0.25, 0.3) is 5.91 Å². The van der Waals surface area contributed by atoms with Crippen molar-refractivity contribution in [1.29, 1.82) is 0 Å². The minimum absolute atomic E-state index is 0.158. The van der Waals surface area contributed by atoms with Crippen LogP contribution < -0.4 is 15.1 Å². The number of nitrogens with zero attached hydrogens (tertiary/aromatic N) is 2. The van der Waals surface area contributed by atoms with Gasteiger partial charge < -0.3 is 15.0 Å². The van der Waals surface area contributed by atoms with Gasteiger partial charge in [-0.15, -0.1) is 0 Å². The van der Waals surface area contributed by atoms with E-state index in [1.807, 2.05) is 43.3 Å². The molecule has 0 saturated carbocycles. The Morgan fingerprint density at radius 2 is 1.70 bits per heavy atom. The van der Waals surface area contributed by atoms with E-state index in [4.69, 9.17) is 4.74 Å². The van der Waals surface area contributed by atoms with Gasteiger partial charge in [-0.3, -0.25) is 19.3 Å². The molecule has 3 rings (SSSR count). The molecule has 2 aromatic carbocycles. The molecule has 0 aromatic heterocycles. The Hall–Kier alpha value is -3.68. The van der Waals surface area contributed by atoms with Crippen LogP contribution in [0.2, 0.25) is 0 Å². The number of nitrogens with one attached hydrogen (secondary N) is 1. The van der Waals surface area contributed by atoms with Crippen LogP contribution in [-0.4, -0.2) is 44.4 Å². The maximum absolute atomic E-state index is 12.3. The van der Waals surface area contributed by atoms with Crippen LogP contribution in [0.15, 0.2) is 48.5 Å². The van der Waals surface area contributed by atoms with Crippen molar-refractivity contribution in [3.05, 3.63) is 59.7 Å². The maximum Gasteiger partial charge on any atom is 0.338 e. The zero-order chi connectivity index (χ0) is 21.7. The lowest BCUT2D eigenvalue weighted by molar-refractivity contribution is -0.124. The first-order chi connectivity index (χ1) is 14.3. The van der Waals surface area contributed by atoms with Crippen molar-refractivity contribution in [2.24, 2.45) is 0 Å². The first-order valence-corrected chi connectivity index (χ1v) is 9.51. The van der Waals surface area contributed by atoms with Gasteiger partial charge in [-0.25, -0.2) is 4.79 Å². The maximum atomic E-state index is 12.3. The fraction of sp³-hybridized carbons (Fsp3) is 0.273. The van der Waals surface area contributed by atoms with Gasteiger partial charge in [0.2, 0.25) is 11.8 Å². The summed E-state index contributed by atoms with van der Waals surface area (Å²) in [6.07, 6.45) is 0.317. The molecule has 0 aliphatic carbocycles. The molecule has 1 N–H and O–H groups in total. The van der Waals surface area contributed by atoms with Crippen molar-refractivity contribution < 1.29 is 23.9 Å². The molecule has 8 heteroatoms. The molecule has 1 saturated heterocycles. The van der Waals surface area contributed by atoms with Crippen LogP contribution in [0.25, 0.3) is 0 Å². The van der Waals surface area contributed by atoms with E-state index < -0.39 is 18.5 Å². The van der Waals surface area contributed by atoms with Crippen molar-refractivity contribution in [2.75, 3.05) is 30.5 Å². The molecular formula is C22H23N3O5. The lowest BCUT2D eigenvalue weighted by Gasteiger charge is -2.14. The second kappa shape index (κ2) is 9.21. The highest BCUT2D eigenvalue weighted by Crippen LogP contribution is 2.23. The largest absolute Gasteiger partial charge is 0.452 e. The van der Waals surface area contributed by atoms with Crippen LogP contribution >= 0.6 is 0 Å². The highest BCUT2D eigenvalue weighted by Gasteiger charge is 2.30. The molecule has 3 amide bonds. The third-order valence-corrected chi connectivity index (χ3v) is 4.67. The molecule has 0 unspecified atom stereocenters. The van der Waals surface area contributed by atoms with Gasteiger partial charge >= 0.3 is 5.97 Å². The van der Waals surface area contributed by atoms with Gasteiger partial charge in [-0.1, -0.05) is 18.2 Å². The molecule has 2 aromatic rings. The number of benzene rings is 2. The molecular weight excluding hydrogens is 386 g/mol. The molecule has 8 nitrogen and oxygen atoms in total. The number of amides is 3. The number of esters is 1. The highest BCUT2D eigenvalue weighted by molar-refractivity contribution is 6.20. The van der Waals surface area contributed by atoms with E-state index in [0.717, 1.165) is 16.2 Å². The van der Waals surface area contributed by atoms with Crippen LogP contribution in [-0.2, 0) is 25.7 Å². The molecule has 1 fully saturated rings. The van der Waals surface area contributed by atoms with E-state index in [9.17, 15) is 19.2 Å². The number of imide groups is 1. The van der Waals surface area contributed by atoms with Crippen molar-refractivity contribution in [3.8, 4) is 0 Å². The summed E-state index contributed by atoms with van der Waals surface area (Å²) in [7, 11) is 3.89. The third kappa shape index (κ3) is 5.02. The van der Waals surface area contributed by atoms with Gasteiger partial charge in [0.1, 0.15) is 0 Å². The summed E-state index contributed by atoms with van der Waals surface area (Å²) in [5, 5.41) is 2.69. The lowest BCUT2D eigenvalue weighted by Crippen LogP contribution is -2.29. The summed E-state index contributed by atoms with van der Waals surface area (Å²) in [5.74, 6) is -1.74. The lowest BCUT2D eigenvalue weighted by atomic mass is 10.2. The predicted octanol–water partition coefficient (Wildman–Crippen LogP) is 1.88. The van der Waals surface area contributed by atoms with E-state index in [2.05, 4.69) is 5.32 Å². The average Bonchev–Trinajstić information content (AvgIpc) is 3.08. The Kier molecular flexibility index (Phi) is 6.46. The van der Waals surface area contributed by atoms with Crippen molar-refractivity contribution in [2.45, 2.75) is 19.4 Å². The Morgan fingerprint density at radius 3 is 2.33 bits per heavy atom. The van der Waals surface area contributed by atoms with Crippen molar-refractivity contribution in [3.63, 3.8) is 0 Å². The summed E-state index contributed by atoms with van der Waals surface area (Å²) in [6.45, 7) is -0.112. The summed E-state index contributed by atoms with van der Waals surface area (Å²) in [6, 6.07) is 13.8. The molecule has 30 heavy (non-hydrogen) atoms. The number of hydrogen-bond donors (Lipinski definition) is 1. The van der Waals surface area contributed by atoms with Crippen molar-refractivity contribution in [1.82, 2.24) is 5.32 Å². The Bertz CT molecular complexity index is 953. The number of carbonyl (C=O) groups excluding carboxylic acids is 4. The minimum Gasteiger partial charge on any atom is -0.452 e. The van der Waals surface area contributed by atoms with Gasteiger partial charge in [-0.2, -0.15) is 0 Å². The number of carbonyl (C=O) groups is 4. The molecule has 1 aliphatic heterocycles. The molecule has 0 spiro atoms. The molecule has 1 aliphatic rings. The summed E-state index contributed by atoms with van der Waals surface area (Å²) >= 11 is 0. The topological polar surface area (TPSA) is 96.0 Å². The number of anilines is 2. The third-order valence-electron chi connectivity index (χ3n) is 4.67. The molecule has 0 bridgehead atoms.